The van der Waals surface area contributed by atoms with E-state index >= 15 is 0 Å². The first-order valence-corrected chi connectivity index (χ1v) is 7.22. The van der Waals surface area contributed by atoms with Crippen LogP contribution in [0.3, 0.4) is 0 Å². The summed E-state index contributed by atoms with van der Waals surface area (Å²) in [6.45, 7) is 0. The Balaban J connectivity index is 1.87. The third-order valence-electron chi connectivity index (χ3n) is 3.43. The van der Waals surface area contributed by atoms with Crippen molar-refractivity contribution >= 4 is 40.1 Å². The largest absolute Gasteiger partial charge is 0.465 e. The quantitative estimate of drug-likeness (QED) is 0.717. The summed E-state index contributed by atoms with van der Waals surface area (Å²) in [6, 6.07) is 11.8. The second kappa shape index (κ2) is 6.14. The van der Waals surface area contributed by atoms with Gasteiger partial charge in [-0.05, 0) is 30.3 Å². The number of amides is 1. The van der Waals surface area contributed by atoms with Gasteiger partial charge in [-0.25, -0.2) is 4.79 Å². The Labute approximate surface area is 137 Å². The number of H-pyrrole nitrogens is 1. The van der Waals surface area contributed by atoms with Crippen LogP contribution in [0.25, 0.3) is 10.9 Å². The minimum Gasteiger partial charge on any atom is -0.465 e. The molecule has 1 amide bonds. The van der Waals surface area contributed by atoms with E-state index in [-0.39, 0.29) is 5.91 Å². The highest BCUT2D eigenvalue weighted by atomic mass is 35.5. The number of ether oxygens (including phenoxy) is 1. The third kappa shape index (κ3) is 3.05. The molecule has 116 valence electrons. The monoisotopic (exact) mass is 328 g/mol. The molecule has 0 atom stereocenters. The van der Waals surface area contributed by atoms with Crippen molar-refractivity contribution in [1.29, 1.82) is 0 Å². The van der Waals surface area contributed by atoms with Gasteiger partial charge in [0.1, 0.15) is 0 Å². The summed E-state index contributed by atoms with van der Waals surface area (Å²) in [5, 5.41) is 4.14. The van der Waals surface area contributed by atoms with Crippen LogP contribution in [0.2, 0.25) is 5.02 Å². The molecule has 0 unspecified atom stereocenters. The van der Waals surface area contributed by atoms with E-state index in [1.54, 1.807) is 48.7 Å². The molecule has 0 saturated carbocycles. The van der Waals surface area contributed by atoms with E-state index in [2.05, 4.69) is 15.0 Å². The number of carbonyl (C=O) groups is 2. The lowest BCUT2D eigenvalue weighted by Crippen LogP contribution is -2.12. The number of benzene rings is 2. The molecule has 0 aliphatic carbocycles. The van der Waals surface area contributed by atoms with E-state index in [1.165, 1.54) is 7.11 Å². The average molecular weight is 329 g/mol. The summed E-state index contributed by atoms with van der Waals surface area (Å²) in [4.78, 5) is 27.0. The van der Waals surface area contributed by atoms with Crippen LogP contribution >= 0.6 is 11.6 Å². The van der Waals surface area contributed by atoms with Gasteiger partial charge in [-0.15, -0.1) is 0 Å². The second-order valence-electron chi connectivity index (χ2n) is 4.92. The van der Waals surface area contributed by atoms with Crippen LogP contribution in [0.1, 0.15) is 20.7 Å². The fourth-order valence-corrected chi connectivity index (χ4v) is 2.50. The highest BCUT2D eigenvalue weighted by molar-refractivity contribution is 6.31. The third-order valence-corrected chi connectivity index (χ3v) is 3.67. The fraction of sp³-hybridized carbons (Fsp3) is 0.0588. The first-order valence-electron chi connectivity index (χ1n) is 6.85. The van der Waals surface area contributed by atoms with E-state index in [0.717, 1.165) is 10.9 Å². The Morgan fingerprint density at radius 1 is 1.17 bits per heavy atom. The van der Waals surface area contributed by atoms with Crippen molar-refractivity contribution in [2.75, 3.05) is 12.4 Å². The van der Waals surface area contributed by atoms with Crippen LogP contribution in [0.4, 0.5) is 5.69 Å². The lowest BCUT2D eigenvalue weighted by molar-refractivity contribution is 0.0600. The highest BCUT2D eigenvalue weighted by Gasteiger charge is 2.13. The van der Waals surface area contributed by atoms with Crippen molar-refractivity contribution in [3.8, 4) is 0 Å². The molecule has 0 fully saturated rings. The Morgan fingerprint density at radius 2 is 2.00 bits per heavy atom. The van der Waals surface area contributed by atoms with Crippen LogP contribution in [-0.2, 0) is 4.74 Å². The number of aromatic nitrogens is 1. The number of esters is 1. The molecule has 0 radical (unpaired) electrons. The summed E-state index contributed by atoms with van der Waals surface area (Å²) in [5.74, 6) is -0.733. The minimum atomic E-state index is -0.456. The lowest BCUT2D eigenvalue weighted by Gasteiger charge is -2.06. The second-order valence-corrected chi connectivity index (χ2v) is 5.36. The zero-order valence-electron chi connectivity index (χ0n) is 12.2. The average Bonchev–Trinajstić information content (AvgIpc) is 2.97. The molecular weight excluding hydrogens is 316 g/mol. The maximum Gasteiger partial charge on any atom is 0.337 e. The number of fused-ring (bicyclic) bond motifs is 1. The van der Waals surface area contributed by atoms with E-state index < -0.39 is 5.97 Å². The number of halogens is 1. The van der Waals surface area contributed by atoms with Gasteiger partial charge in [0.05, 0.1) is 18.2 Å². The maximum atomic E-state index is 12.4. The number of rotatable bonds is 3. The molecule has 2 aromatic carbocycles. The van der Waals surface area contributed by atoms with E-state index in [1.807, 2.05) is 0 Å². The number of aromatic amines is 1. The number of methoxy groups -OCH3 is 1. The number of nitrogens with one attached hydrogen (secondary N) is 2. The van der Waals surface area contributed by atoms with E-state index in [0.29, 0.717) is 21.8 Å². The van der Waals surface area contributed by atoms with Gasteiger partial charge in [-0.1, -0.05) is 23.7 Å². The van der Waals surface area contributed by atoms with Gasteiger partial charge >= 0.3 is 5.97 Å². The van der Waals surface area contributed by atoms with Crippen molar-refractivity contribution in [2.24, 2.45) is 0 Å². The molecule has 1 heterocycles. The maximum absolute atomic E-state index is 12.4. The Hall–Kier alpha value is -2.79. The Bertz CT molecular complexity index is 902. The fourth-order valence-electron chi connectivity index (χ4n) is 2.33. The van der Waals surface area contributed by atoms with E-state index in [4.69, 9.17) is 11.6 Å². The molecular formula is C17H13ClN2O3. The number of hydrogen-bond donors (Lipinski definition) is 2. The molecule has 6 heteroatoms. The van der Waals surface area contributed by atoms with Crippen molar-refractivity contribution in [3.63, 3.8) is 0 Å². The standard InChI is InChI=1S/C17H13ClN2O3/c1-23-17(22)10-3-2-4-12(7-10)20-16(21)14-9-19-15-8-11(18)5-6-13(14)15/h2-9,19H,1H3,(H,20,21). The molecule has 23 heavy (non-hydrogen) atoms. The first kappa shape index (κ1) is 15.1. The van der Waals surface area contributed by atoms with Crippen molar-refractivity contribution in [2.45, 2.75) is 0 Å². The zero-order valence-corrected chi connectivity index (χ0v) is 13.0. The summed E-state index contributed by atoms with van der Waals surface area (Å²) in [6.07, 6.45) is 1.63. The molecule has 1 aromatic heterocycles. The lowest BCUT2D eigenvalue weighted by atomic mass is 10.1. The number of carbonyl (C=O) groups excluding carboxylic acids is 2. The van der Waals surface area contributed by atoms with Crippen LogP contribution in [0.5, 0.6) is 0 Å². The predicted octanol–water partition coefficient (Wildman–Crippen LogP) is 3.86. The zero-order chi connectivity index (χ0) is 16.4. The first-order chi connectivity index (χ1) is 11.1. The number of anilines is 1. The topological polar surface area (TPSA) is 71.2 Å². The van der Waals surface area contributed by atoms with Crippen LogP contribution in [-0.4, -0.2) is 24.0 Å². The SMILES string of the molecule is COC(=O)c1cccc(NC(=O)c2c[nH]c3cc(Cl)ccc23)c1. The molecule has 2 N–H and O–H groups in total. The van der Waals surface area contributed by atoms with Gasteiger partial charge < -0.3 is 15.0 Å². The van der Waals surface area contributed by atoms with Crippen LogP contribution in [0, 0.1) is 0 Å². The predicted molar refractivity (Wildman–Crippen MR) is 89.0 cm³/mol. The van der Waals surface area contributed by atoms with Gasteiger partial charge in [0.25, 0.3) is 5.91 Å². The Kier molecular flexibility index (Phi) is 4.04. The summed E-state index contributed by atoms with van der Waals surface area (Å²) >= 11 is 5.93. The number of hydrogen-bond acceptors (Lipinski definition) is 3. The molecule has 0 bridgehead atoms. The molecule has 0 aliphatic rings. The highest BCUT2D eigenvalue weighted by Crippen LogP contribution is 2.23. The normalized spacial score (nSPS) is 10.5. The Morgan fingerprint density at radius 3 is 2.78 bits per heavy atom. The van der Waals surface area contributed by atoms with Gasteiger partial charge in [0.2, 0.25) is 0 Å². The minimum absolute atomic E-state index is 0.277. The van der Waals surface area contributed by atoms with Crippen molar-refractivity contribution in [3.05, 3.63) is 64.8 Å². The molecule has 5 nitrogen and oxygen atoms in total. The van der Waals surface area contributed by atoms with Gasteiger partial charge in [-0.2, -0.15) is 0 Å². The van der Waals surface area contributed by atoms with Crippen LogP contribution < -0.4 is 5.32 Å². The summed E-state index contributed by atoms with van der Waals surface area (Å²) in [5.41, 5.74) is 2.17. The summed E-state index contributed by atoms with van der Waals surface area (Å²) < 4.78 is 4.67. The molecule has 0 aliphatic heterocycles. The molecule has 0 saturated heterocycles. The summed E-state index contributed by atoms with van der Waals surface area (Å²) in [7, 11) is 1.31. The van der Waals surface area contributed by atoms with E-state index in [9.17, 15) is 9.59 Å². The van der Waals surface area contributed by atoms with Gasteiger partial charge in [-0.3, -0.25) is 4.79 Å². The molecule has 0 spiro atoms. The van der Waals surface area contributed by atoms with Crippen LogP contribution in [0.15, 0.2) is 48.7 Å². The van der Waals surface area contributed by atoms with Gasteiger partial charge in [0.15, 0.2) is 0 Å². The molecule has 3 rings (SSSR count). The smallest absolute Gasteiger partial charge is 0.337 e. The molecule has 3 aromatic rings. The van der Waals surface area contributed by atoms with Crippen molar-refractivity contribution < 1.29 is 14.3 Å². The van der Waals surface area contributed by atoms with Gasteiger partial charge in [0, 0.05) is 27.8 Å². The van der Waals surface area contributed by atoms with Crippen molar-refractivity contribution in [1.82, 2.24) is 4.98 Å².